The van der Waals surface area contributed by atoms with Gasteiger partial charge in [0.05, 0.1) is 11.4 Å². The summed E-state index contributed by atoms with van der Waals surface area (Å²) < 4.78 is 0. The third-order valence-corrected chi connectivity index (χ3v) is 4.49. The van der Waals surface area contributed by atoms with Gasteiger partial charge in [0.2, 0.25) is 0 Å². The number of rotatable bonds is 4. The summed E-state index contributed by atoms with van der Waals surface area (Å²) in [5.74, 6) is -1.68. The van der Waals surface area contributed by atoms with Crippen LogP contribution in [-0.2, 0) is 32.0 Å². The first-order valence-electron chi connectivity index (χ1n) is 8.18. The first kappa shape index (κ1) is 16.8. The lowest BCUT2D eigenvalue weighted by Crippen LogP contribution is -2.34. The zero-order valence-electron chi connectivity index (χ0n) is 14.3. The molecule has 0 saturated carbocycles. The lowest BCUT2D eigenvalue weighted by atomic mass is 9.95. The highest BCUT2D eigenvalue weighted by Gasteiger charge is 2.34. The van der Waals surface area contributed by atoms with Crippen molar-refractivity contribution < 1.29 is 19.2 Å². The number of benzene rings is 1. The zero-order valence-corrected chi connectivity index (χ0v) is 14.3. The highest BCUT2D eigenvalue weighted by molar-refractivity contribution is 6.31. The molecule has 25 heavy (non-hydrogen) atoms. The zero-order chi connectivity index (χ0) is 18.3. The molecular formula is C19H18N2O4. The Hall–Kier alpha value is -3.02. The van der Waals surface area contributed by atoms with Gasteiger partial charge in [0.1, 0.15) is 0 Å². The van der Waals surface area contributed by atoms with Crippen LogP contribution in [0.3, 0.4) is 0 Å². The van der Waals surface area contributed by atoms with Gasteiger partial charge in [-0.2, -0.15) is 0 Å². The Morgan fingerprint density at radius 1 is 0.680 bits per heavy atom. The van der Waals surface area contributed by atoms with Crippen molar-refractivity contribution in [3.8, 4) is 0 Å². The third kappa shape index (κ3) is 2.50. The maximum atomic E-state index is 12.2. The van der Waals surface area contributed by atoms with Crippen molar-refractivity contribution in [3.05, 3.63) is 47.1 Å². The van der Waals surface area contributed by atoms with Gasteiger partial charge in [-0.15, -0.1) is 0 Å². The van der Waals surface area contributed by atoms with Gasteiger partial charge in [0, 0.05) is 24.3 Å². The molecule has 2 aliphatic heterocycles. The number of carbonyl (C=O) groups excluding carboxylic acids is 4. The van der Waals surface area contributed by atoms with E-state index in [1.807, 2.05) is 19.9 Å². The number of carbonyl (C=O) groups is 4. The summed E-state index contributed by atoms with van der Waals surface area (Å²) in [5.41, 5.74) is 3.16. The SMILES string of the molecule is CCc1cc(CC)c(N2C(=O)C=CC2=O)c(C)c1N1C(=O)C=CC1=O. The van der Waals surface area contributed by atoms with Crippen molar-refractivity contribution in [2.75, 3.05) is 9.80 Å². The highest BCUT2D eigenvalue weighted by Crippen LogP contribution is 2.39. The lowest BCUT2D eigenvalue weighted by Gasteiger charge is -2.27. The van der Waals surface area contributed by atoms with E-state index in [0.29, 0.717) is 29.8 Å². The number of hydrogen-bond donors (Lipinski definition) is 0. The van der Waals surface area contributed by atoms with E-state index in [0.717, 1.165) is 20.9 Å². The van der Waals surface area contributed by atoms with Crippen LogP contribution in [0.1, 0.15) is 30.5 Å². The van der Waals surface area contributed by atoms with Gasteiger partial charge in [0.15, 0.2) is 0 Å². The summed E-state index contributed by atoms with van der Waals surface area (Å²) in [4.78, 5) is 50.9. The molecule has 2 heterocycles. The summed E-state index contributed by atoms with van der Waals surface area (Å²) in [6, 6.07) is 1.87. The number of nitrogens with zero attached hydrogens (tertiary/aromatic N) is 2. The van der Waals surface area contributed by atoms with Crippen molar-refractivity contribution in [2.24, 2.45) is 0 Å². The Labute approximate surface area is 145 Å². The molecule has 1 aromatic carbocycles. The molecule has 0 saturated heterocycles. The van der Waals surface area contributed by atoms with Crippen LogP contribution in [0.25, 0.3) is 0 Å². The first-order valence-corrected chi connectivity index (χ1v) is 8.18. The molecule has 6 nitrogen and oxygen atoms in total. The fourth-order valence-electron chi connectivity index (χ4n) is 3.34. The van der Waals surface area contributed by atoms with Crippen molar-refractivity contribution >= 4 is 35.0 Å². The summed E-state index contributed by atoms with van der Waals surface area (Å²) in [5, 5.41) is 0. The van der Waals surface area contributed by atoms with Gasteiger partial charge in [0.25, 0.3) is 23.6 Å². The molecule has 0 spiro atoms. The maximum Gasteiger partial charge on any atom is 0.258 e. The number of imide groups is 2. The average Bonchev–Trinajstić information content (AvgIpc) is 3.09. The van der Waals surface area contributed by atoms with Crippen molar-refractivity contribution in [1.29, 1.82) is 0 Å². The third-order valence-electron chi connectivity index (χ3n) is 4.49. The summed E-state index contributed by atoms with van der Waals surface area (Å²) in [6.07, 6.45) is 6.12. The Morgan fingerprint density at radius 2 is 1.00 bits per heavy atom. The largest absolute Gasteiger partial charge is 0.269 e. The molecule has 3 rings (SSSR count). The van der Waals surface area contributed by atoms with Gasteiger partial charge < -0.3 is 0 Å². The number of aryl methyl sites for hydroxylation is 2. The predicted molar refractivity (Wildman–Crippen MR) is 93.2 cm³/mol. The van der Waals surface area contributed by atoms with Crippen LogP contribution < -0.4 is 9.80 Å². The smallest absolute Gasteiger partial charge is 0.258 e. The average molecular weight is 338 g/mol. The van der Waals surface area contributed by atoms with Gasteiger partial charge in [-0.25, -0.2) is 9.80 Å². The van der Waals surface area contributed by atoms with E-state index >= 15 is 0 Å². The lowest BCUT2D eigenvalue weighted by molar-refractivity contribution is -0.121. The first-order chi connectivity index (χ1) is 11.9. The Bertz CT molecular complexity index is 776. The van der Waals surface area contributed by atoms with Crippen LogP contribution >= 0.6 is 0 Å². The molecule has 0 fully saturated rings. The van der Waals surface area contributed by atoms with E-state index in [-0.39, 0.29) is 0 Å². The molecule has 0 bridgehead atoms. The molecular weight excluding hydrogens is 320 g/mol. The maximum absolute atomic E-state index is 12.2. The topological polar surface area (TPSA) is 74.8 Å². The fourth-order valence-corrected chi connectivity index (χ4v) is 3.34. The van der Waals surface area contributed by atoms with Crippen LogP contribution in [0.4, 0.5) is 11.4 Å². The van der Waals surface area contributed by atoms with Crippen LogP contribution in [0.5, 0.6) is 0 Å². The second-order valence-electron chi connectivity index (χ2n) is 5.91. The molecule has 0 aliphatic carbocycles. The molecule has 0 radical (unpaired) electrons. The predicted octanol–water partition coefficient (Wildman–Crippen LogP) is 1.98. The summed E-state index contributed by atoms with van der Waals surface area (Å²) in [6.45, 7) is 5.61. The summed E-state index contributed by atoms with van der Waals surface area (Å²) >= 11 is 0. The van der Waals surface area contributed by atoms with E-state index < -0.39 is 23.6 Å². The van der Waals surface area contributed by atoms with E-state index in [9.17, 15) is 19.2 Å². The van der Waals surface area contributed by atoms with E-state index in [4.69, 9.17) is 0 Å². The van der Waals surface area contributed by atoms with Crippen molar-refractivity contribution in [1.82, 2.24) is 0 Å². The van der Waals surface area contributed by atoms with E-state index in [1.165, 1.54) is 24.3 Å². The van der Waals surface area contributed by atoms with E-state index in [2.05, 4.69) is 0 Å². The molecule has 4 amide bonds. The van der Waals surface area contributed by atoms with Gasteiger partial charge >= 0.3 is 0 Å². The molecule has 0 aromatic heterocycles. The molecule has 0 N–H and O–H groups in total. The minimum atomic E-state index is -0.421. The molecule has 1 aromatic rings. The normalized spacial score (nSPS) is 16.8. The fraction of sp³-hybridized carbons (Fsp3) is 0.263. The van der Waals surface area contributed by atoms with Gasteiger partial charge in [-0.05, 0) is 36.5 Å². The Kier molecular flexibility index (Phi) is 4.12. The van der Waals surface area contributed by atoms with Crippen molar-refractivity contribution in [3.63, 3.8) is 0 Å². The van der Waals surface area contributed by atoms with Crippen LogP contribution in [0.2, 0.25) is 0 Å². The van der Waals surface area contributed by atoms with Crippen LogP contribution in [0, 0.1) is 6.92 Å². The minimum absolute atomic E-state index is 0.421. The highest BCUT2D eigenvalue weighted by atomic mass is 16.2. The van der Waals surface area contributed by atoms with Crippen LogP contribution in [-0.4, -0.2) is 23.6 Å². The van der Waals surface area contributed by atoms with Crippen LogP contribution in [0.15, 0.2) is 30.4 Å². The van der Waals surface area contributed by atoms with Gasteiger partial charge in [-0.3, -0.25) is 19.2 Å². The van der Waals surface area contributed by atoms with E-state index in [1.54, 1.807) is 6.92 Å². The standard InChI is InChI=1S/C19H18N2O4/c1-4-12-10-13(5-2)19(21-16(24)8-9-17(21)25)11(3)18(12)20-14(22)6-7-15(20)23/h6-10H,4-5H2,1-3H3. The molecule has 0 atom stereocenters. The molecule has 6 heteroatoms. The number of amides is 4. The minimum Gasteiger partial charge on any atom is -0.269 e. The number of hydrogen-bond acceptors (Lipinski definition) is 4. The Morgan fingerprint density at radius 3 is 1.28 bits per heavy atom. The van der Waals surface area contributed by atoms with Crippen molar-refractivity contribution in [2.45, 2.75) is 33.6 Å². The molecule has 0 unspecified atom stereocenters. The van der Waals surface area contributed by atoms with Gasteiger partial charge in [-0.1, -0.05) is 19.9 Å². The monoisotopic (exact) mass is 338 g/mol. The molecule has 128 valence electrons. The molecule has 2 aliphatic rings. The Balaban J connectivity index is 2.28. The quantitative estimate of drug-likeness (QED) is 0.787. The second-order valence-corrected chi connectivity index (χ2v) is 5.91. The summed E-state index contributed by atoms with van der Waals surface area (Å²) in [7, 11) is 0. The second kappa shape index (κ2) is 6.12. The number of anilines is 2.